The molecule has 1 aliphatic rings. The number of aliphatic hydroxyl groups is 1. The SMILES string of the molecule is O=Cc1cc(Br)c(O)c(CN2CCC(O)C2)c1. The maximum Gasteiger partial charge on any atom is 0.150 e. The molecule has 1 aromatic carbocycles. The highest BCUT2D eigenvalue weighted by Gasteiger charge is 2.21. The molecule has 0 spiro atoms. The zero-order valence-corrected chi connectivity index (χ0v) is 10.9. The molecule has 2 rings (SSSR count). The van der Waals surface area contributed by atoms with Gasteiger partial charge in [-0.1, -0.05) is 0 Å². The van der Waals surface area contributed by atoms with Crippen molar-refractivity contribution >= 4 is 22.2 Å². The van der Waals surface area contributed by atoms with Crippen LogP contribution < -0.4 is 0 Å². The smallest absolute Gasteiger partial charge is 0.150 e. The van der Waals surface area contributed by atoms with Crippen LogP contribution in [0.4, 0.5) is 0 Å². The van der Waals surface area contributed by atoms with Gasteiger partial charge in [-0.25, -0.2) is 0 Å². The Labute approximate surface area is 108 Å². The van der Waals surface area contributed by atoms with Gasteiger partial charge in [0.25, 0.3) is 0 Å². The molecule has 1 aromatic rings. The molecule has 17 heavy (non-hydrogen) atoms. The summed E-state index contributed by atoms with van der Waals surface area (Å²) in [5, 5.41) is 19.3. The second kappa shape index (κ2) is 5.16. The van der Waals surface area contributed by atoms with Crippen molar-refractivity contribution in [2.75, 3.05) is 13.1 Å². The summed E-state index contributed by atoms with van der Waals surface area (Å²) >= 11 is 3.22. The number of rotatable bonds is 3. The van der Waals surface area contributed by atoms with E-state index in [2.05, 4.69) is 20.8 Å². The van der Waals surface area contributed by atoms with Crippen molar-refractivity contribution in [2.45, 2.75) is 19.1 Å². The molecule has 0 aliphatic carbocycles. The molecule has 1 aliphatic heterocycles. The molecule has 92 valence electrons. The Hall–Kier alpha value is -0.910. The van der Waals surface area contributed by atoms with Crippen molar-refractivity contribution in [3.63, 3.8) is 0 Å². The number of hydrogen-bond acceptors (Lipinski definition) is 4. The molecule has 0 aromatic heterocycles. The van der Waals surface area contributed by atoms with E-state index in [0.29, 0.717) is 28.7 Å². The van der Waals surface area contributed by atoms with Gasteiger partial charge in [0.05, 0.1) is 10.6 Å². The number of phenolic OH excluding ortho intramolecular Hbond substituents is 1. The second-order valence-electron chi connectivity index (χ2n) is 4.31. The summed E-state index contributed by atoms with van der Waals surface area (Å²) in [4.78, 5) is 12.8. The van der Waals surface area contributed by atoms with Crippen LogP contribution in [0.2, 0.25) is 0 Å². The molecule has 1 unspecified atom stereocenters. The highest BCUT2D eigenvalue weighted by atomic mass is 79.9. The average Bonchev–Trinajstić information content (AvgIpc) is 2.70. The molecule has 1 heterocycles. The zero-order chi connectivity index (χ0) is 12.4. The standard InChI is InChI=1S/C12H14BrNO3/c13-11-4-8(7-15)3-9(12(11)17)5-14-2-1-10(16)6-14/h3-4,7,10,16-17H,1-2,5-6H2. The monoisotopic (exact) mass is 299 g/mol. The predicted octanol–water partition coefficient (Wildman–Crippen LogP) is 1.53. The van der Waals surface area contributed by atoms with Crippen molar-refractivity contribution in [1.82, 2.24) is 4.90 Å². The number of aldehydes is 1. The third kappa shape index (κ3) is 2.86. The fourth-order valence-electron chi connectivity index (χ4n) is 2.06. The molecule has 0 bridgehead atoms. The molecule has 5 heteroatoms. The lowest BCUT2D eigenvalue weighted by Gasteiger charge is -2.16. The summed E-state index contributed by atoms with van der Waals surface area (Å²) in [7, 11) is 0. The molecular weight excluding hydrogens is 286 g/mol. The number of aromatic hydroxyl groups is 1. The summed E-state index contributed by atoms with van der Waals surface area (Å²) < 4.78 is 0.525. The molecule has 4 nitrogen and oxygen atoms in total. The lowest BCUT2D eigenvalue weighted by Crippen LogP contribution is -2.21. The number of aliphatic hydroxyl groups excluding tert-OH is 1. The van der Waals surface area contributed by atoms with Gasteiger partial charge >= 0.3 is 0 Å². The molecule has 1 fully saturated rings. The summed E-state index contributed by atoms with van der Waals surface area (Å²) in [6.45, 7) is 1.97. The number of benzene rings is 1. The maximum atomic E-state index is 10.8. The number of carbonyl (C=O) groups excluding carboxylic acids is 1. The molecule has 1 saturated heterocycles. The van der Waals surface area contributed by atoms with Gasteiger partial charge in [-0.3, -0.25) is 9.69 Å². The van der Waals surface area contributed by atoms with Crippen molar-refractivity contribution < 1.29 is 15.0 Å². The Morgan fingerprint density at radius 2 is 2.29 bits per heavy atom. The van der Waals surface area contributed by atoms with Crippen molar-refractivity contribution in [1.29, 1.82) is 0 Å². The lowest BCUT2D eigenvalue weighted by atomic mass is 10.1. The minimum Gasteiger partial charge on any atom is -0.506 e. The van der Waals surface area contributed by atoms with Crippen molar-refractivity contribution in [2.24, 2.45) is 0 Å². The average molecular weight is 300 g/mol. The fraction of sp³-hybridized carbons (Fsp3) is 0.417. The summed E-state index contributed by atoms with van der Waals surface area (Å²) in [6, 6.07) is 3.27. The Morgan fingerprint density at radius 3 is 2.88 bits per heavy atom. The number of nitrogens with zero attached hydrogens (tertiary/aromatic N) is 1. The van der Waals surface area contributed by atoms with Crippen molar-refractivity contribution in [3.05, 3.63) is 27.7 Å². The van der Waals surface area contributed by atoms with Gasteiger partial charge in [-0.15, -0.1) is 0 Å². The van der Waals surface area contributed by atoms with Gasteiger partial charge in [-0.2, -0.15) is 0 Å². The largest absolute Gasteiger partial charge is 0.506 e. The summed E-state index contributed by atoms with van der Waals surface area (Å²) in [5.74, 6) is 0.164. The molecular formula is C12H14BrNO3. The quantitative estimate of drug-likeness (QED) is 0.831. The van der Waals surface area contributed by atoms with E-state index in [9.17, 15) is 15.0 Å². The van der Waals surface area contributed by atoms with Crippen LogP contribution in [-0.2, 0) is 6.54 Å². The third-order valence-electron chi connectivity index (χ3n) is 2.94. The van der Waals surface area contributed by atoms with Crippen LogP contribution in [0.1, 0.15) is 22.3 Å². The van der Waals surface area contributed by atoms with E-state index >= 15 is 0 Å². The minimum atomic E-state index is -0.283. The van der Waals surface area contributed by atoms with E-state index in [0.717, 1.165) is 19.3 Å². The summed E-state index contributed by atoms with van der Waals surface area (Å²) in [5.41, 5.74) is 1.24. The Kier molecular flexibility index (Phi) is 3.81. The molecule has 2 N–H and O–H groups in total. The minimum absolute atomic E-state index is 0.164. The van der Waals surface area contributed by atoms with Crippen LogP contribution in [0, 0.1) is 0 Å². The van der Waals surface area contributed by atoms with Gasteiger partial charge in [0.15, 0.2) is 0 Å². The first-order valence-corrected chi connectivity index (χ1v) is 6.26. The summed E-state index contributed by atoms with van der Waals surface area (Å²) in [6.07, 6.45) is 1.23. The number of halogens is 1. The van der Waals surface area contributed by atoms with E-state index in [4.69, 9.17) is 0 Å². The van der Waals surface area contributed by atoms with Gasteiger partial charge in [0.1, 0.15) is 12.0 Å². The molecule has 0 radical (unpaired) electrons. The van der Waals surface area contributed by atoms with Crippen LogP contribution in [0.25, 0.3) is 0 Å². The number of β-amino-alcohol motifs (C(OH)–C–C–N with tert-alkyl or cyclic N) is 1. The van der Waals surface area contributed by atoms with Crippen molar-refractivity contribution in [3.8, 4) is 5.75 Å². The predicted molar refractivity (Wildman–Crippen MR) is 67.1 cm³/mol. The fourth-order valence-corrected chi connectivity index (χ4v) is 2.58. The Bertz CT molecular complexity index is 436. The van der Waals surface area contributed by atoms with Crippen LogP contribution in [0.3, 0.4) is 0 Å². The molecule has 0 saturated carbocycles. The van der Waals surface area contributed by atoms with Gasteiger partial charge in [0, 0.05) is 30.8 Å². The number of hydrogen-bond donors (Lipinski definition) is 2. The highest BCUT2D eigenvalue weighted by molar-refractivity contribution is 9.10. The Morgan fingerprint density at radius 1 is 1.53 bits per heavy atom. The second-order valence-corrected chi connectivity index (χ2v) is 5.16. The normalized spacial score (nSPS) is 20.7. The Balaban J connectivity index is 2.19. The molecule has 1 atom stereocenters. The third-order valence-corrected chi connectivity index (χ3v) is 3.55. The highest BCUT2D eigenvalue weighted by Crippen LogP contribution is 2.30. The van der Waals surface area contributed by atoms with E-state index in [1.165, 1.54) is 0 Å². The van der Waals surface area contributed by atoms with Crippen LogP contribution >= 0.6 is 15.9 Å². The first-order chi connectivity index (χ1) is 8.10. The van der Waals surface area contributed by atoms with E-state index in [1.54, 1.807) is 12.1 Å². The van der Waals surface area contributed by atoms with Crippen LogP contribution in [-0.4, -0.2) is 40.6 Å². The van der Waals surface area contributed by atoms with E-state index < -0.39 is 0 Å². The van der Waals surface area contributed by atoms with Crippen LogP contribution in [0.15, 0.2) is 16.6 Å². The number of carbonyl (C=O) groups is 1. The van der Waals surface area contributed by atoms with E-state index in [1.807, 2.05) is 0 Å². The first-order valence-electron chi connectivity index (χ1n) is 5.47. The topological polar surface area (TPSA) is 60.8 Å². The lowest BCUT2D eigenvalue weighted by molar-refractivity contribution is 0.112. The first kappa shape index (κ1) is 12.5. The molecule has 0 amide bonds. The number of phenols is 1. The maximum absolute atomic E-state index is 10.8. The number of likely N-dealkylation sites (tertiary alicyclic amines) is 1. The van der Waals surface area contributed by atoms with Gasteiger partial charge < -0.3 is 10.2 Å². The van der Waals surface area contributed by atoms with E-state index in [-0.39, 0.29) is 11.9 Å². The van der Waals surface area contributed by atoms with Gasteiger partial charge in [0.2, 0.25) is 0 Å². The zero-order valence-electron chi connectivity index (χ0n) is 9.27. The van der Waals surface area contributed by atoms with Crippen LogP contribution in [0.5, 0.6) is 5.75 Å². The van der Waals surface area contributed by atoms with Gasteiger partial charge in [-0.05, 0) is 34.5 Å².